The van der Waals surface area contributed by atoms with Gasteiger partial charge in [0.25, 0.3) is 0 Å². The van der Waals surface area contributed by atoms with Crippen molar-refractivity contribution in [3.63, 3.8) is 0 Å². The van der Waals surface area contributed by atoms with Gasteiger partial charge in [0, 0.05) is 39.3 Å². The van der Waals surface area contributed by atoms with Gasteiger partial charge in [0.2, 0.25) is 5.91 Å². The van der Waals surface area contributed by atoms with Crippen molar-refractivity contribution in [3.05, 3.63) is 30.1 Å². The molecule has 1 N–H and O–H groups in total. The lowest BCUT2D eigenvalue weighted by atomic mass is 10.3. The molecule has 1 saturated heterocycles. The third-order valence-electron chi connectivity index (χ3n) is 3.36. The molecular weight excluding hydrogens is 272 g/mol. The Bertz CT molecular complexity index is 524. The van der Waals surface area contributed by atoms with E-state index in [0.29, 0.717) is 31.9 Å². The third-order valence-corrected chi connectivity index (χ3v) is 3.36. The lowest BCUT2D eigenvalue weighted by Crippen LogP contribution is -2.53. The highest BCUT2D eigenvalue weighted by Gasteiger charge is 2.26. The summed E-state index contributed by atoms with van der Waals surface area (Å²) in [5.41, 5.74) is 0.694. The van der Waals surface area contributed by atoms with E-state index in [1.165, 1.54) is 11.8 Å². The van der Waals surface area contributed by atoms with Crippen molar-refractivity contribution in [2.24, 2.45) is 0 Å². The maximum absolute atomic E-state index is 12.0. The summed E-state index contributed by atoms with van der Waals surface area (Å²) in [5, 5.41) is 2.56. The number of rotatable bonds is 2. The van der Waals surface area contributed by atoms with Crippen molar-refractivity contribution < 1.29 is 14.4 Å². The highest BCUT2D eigenvalue weighted by Crippen LogP contribution is 2.02. The summed E-state index contributed by atoms with van der Waals surface area (Å²) < 4.78 is 0. The lowest BCUT2D eigenvalue weighted by Gasteiger charge is -2.33. The number of hydrogen-bond acceptors (Lipinski definition) is 4. The summed E-state index contributed by atoms with van der Waals surface area (Å²) in [7, 11) is 0. The molecule has 2 rings (SSSR count). The maximum Gasteiger partial charge on any atom is 0.312 e. The van der Waals surface area contributed by atoms with Crippen LogP contribution in [0.25, 0.3) is 0 Å². The fraction of sp³-hybridized carbons (Fsp3) is 0.429. The van der Waals surface area contributed by atoms with Crippen molar-refractivity contribution in [2.75, 3.05) is 26.2 Å². The monoisotopic (exact) mass is 290 g/mol. The molecule has 0 aromatic carbocycles. The van der Waals surface area contributed by atoms with E-state index in [9.17, 15) is 14.4 Å². The van der Waals surface area contributed by atoms with E-state index in [1.54, 1.807) is 23.2 Å². The molecule has 2 heterocycles. The summed E-state index contributed by atoms with van der Waals surface area (Å²) in [5.74, 6) is -1.22. The van der Waals surface area contributed by atoms with Gasteiger partial charge < -0.3 is 15.1 Å². The zero-order valence-electron chi connectivity index (χ0n) is 11.9. The van der Waals surface area contributed by atoms with Crippen LogP contribution in [0.4, 0.5) is 0 Å². The lowest BCUT2D eigenvalue weighted by molar-refractivity contribution is -0.148. The maximum atomic E-state index is 12.0. The first-order valence-electron chi connectivity index (χ1n) is 6.80. The molecule has 0 unspecified atom stereocenters. The van der Waals surface area contributed by atoms with E-state index in [1.807, 2.05) is 6.07 Å². The third kappa shape index (κ3) is 4.01. The number of nitrogens with zero attached hydrogens (tertiary/aromatic N) is 3. The predicted octanol–water partition coefficient (Wildman–Crippen LogP) is -0.611. The second-order valence-corrected chi connectivity index (χ2v) is 4.80. The minimum Gasteiger partial charge on any atom is -0.342 e. The van der Waals surface area contributed by atoms with Gasteiger partial charge >= 0.3 is 11.8 Å². The van der Waals surface area contributed by atoms with E-state index in [4.69, 9.17) is 0 Å². The zero-order valence-corrected chi connectivity index (χ0v) is 11.9. The summed E-state index contributed by atoms with van der Waals surface area (Å²) in [6.07, 6.45) is 1.63. The van der Waals surface area contributed by atoms with E-state index in [-0.39, 0.29) is 12.5 Å². The summed E-state index contributed by atoms with van der Waals surface area (Å²) in [6.45, 7) is 3.42. The zero-order chi connectivity index (χ0) is 15.2. The summed E-state index contributed by atoms with van der Waals surface area (Å²) in [6, 6.07) is 5.37. The average Bonchev–Trinajstić information content (AvgIpc) is 2.53. The fourth-order valence-electron chi connectivity index (χ4n) is 2.12. The van der Waals surface area contributed by atoms with Gasteiger partial charge in [0.15, 0.2) is 0 Å². The Labute approximate surface area is 122 Å². The Morgan fingerprint density at radius 2 is 1.81 bits per heavy atom. The van der Waals surface area contributed by atoms with Crippen molar-refractivity contribution in [1.29, 1.82) is 0 Å². The number of piperazine rings is 1. The number of carbonyl (C=O) groups excluding carboxylic acids is 3. The number of amides is 3. The van der Waals surface area contributed by atoms with E-state index in [0.717, 1.165) is 0 Å². The SMILES string of the molecule is CC(=O)N1CCN(C(=O)C(=O)NCc2ccccn2)CC1. The highest BCUT2D eigenvalue weighted by molar-refractivity contribution is 6.35. The molecule has 1 fully saturated rings. The van der Waals surface area contributed by atoms with Gasteiger partial charge in [-0.25, -0.2) is 0 Å². The Balaban J connectivity index is 1.80. The quantitative estimate of drug-likeness (QED) is 0.737. The standard InChI is InChI=1S/C14H18N4O3/c1-11(19)17-6-8-18(9-7-17)14(21)13(20)16-10-12-4-2-3-5-15-12/h2-5H,6-10H2,1H3,(H,16,20). The molecule has 7 heteroatoms. The van der Waals surface area contributed by atoms with Gasteiger partial charge in [-0.1, -0.05) is 6.07 Å². The van der Waals surface area contributed by atoms with Crippen molar-refractivity contribution >= 4 is 17.7 Å². The molecule has 0 bridgehead atoms. The topological polar surface area (TPSA) is 82.6 Å². The molecule has 112 valence electrons. The molecule has 1 aromatic heterocycles. The van der Waals surface area contributed by atoms with Crippen LogP contribution in [0.5, 0.6) is 0 Å². The first-order valence-corrected chi connectivity index (χ1v) is 6.80. The largest absolute Gasteiger partial charge is 0.342 e. The van der Waals surface area contributed by atoms with Crippen molar-refractivity contribution in [2.45, 2.75) is 13.5 Å². The first-order chi connectivity index (χ1) is 10.1. The molecule has 0 radical (unpaired) electrons. The Hall–Kier alpha value is -2.44. The van der Waals surface area contributed by atoms with Crippen molar-refractivity contribution in [1.82, 2.24) is 20.1 Å². The van der Waals surface area contributed by atoms with Gasteiger partial charge in [-0.05, 0) is 12.1 Å². The molecule has 1 aliphatic heterocycles. The predicted molar refractivity (Wildman–Crippen MR) is 74.9 cm³/mol. The number of nitrogens with one attached hydrogen (secondary N) is 1. The normalized spacial score (nSPS) is 14.7. The van der Waals surface area contributed by atoms with Crippen LogP contribution in [-0.4, -0.2) is 58.7 Å². The molecule has 21 heavy (non-hydrogen) atoms. The van der Waals surface area contributed by atoms with Crippen LogP contribution in [0.1, 0.15) is 12.6 Å². The molecule has 1 aliphatic rings. The van der Waals surface area contributed by atoms with Gasteiger partial charge in [0.05, 0.1) is 12.2 Å². The number of carbonyl (C=O) groups is 3. The van der Waals surface area contributed by atoms with Crippen LogP contribution < -0.4 is 5.32 Å². The van der Waals surface area contributed by atoms with Crippen LogP contribution in [0.3, 0.4) is 0 Å². The minimum absolute atomic E-state index is 0.0123. The Morgan fingerprint density at radius 1 is 1.14 bits per heavy atom. The summed E-state index contributed by atoms with van der Waals surface area (Å²) >= 11 is 0. The number of aromatic nitrogens is 1. The molecule has 0 spiro atoms. The first kappa shape index (κ1) is 15.0. The minimum atomic E-state index is -0.642. The number of hydrogen-bond donors (Lipinski definition) is 1. The summed E-state index contributed by atoms with van der Waals surface area (Å²) in [4.78, 5) is 42.2. The molecule has 0 saturated carbocycles. The van der Waals surface area contributed by atoms with Crippen LogP contribution in [0.2, 0.25) is 0 Å². The van der Waals surface area contributed by atoms with E-state index >= 15 is 0 Å². The van der Waals surface area contributed by atoms with Gasteiger partial charge in [-0.3, -0.25) is 19.4 Å². The van der Waals surface area contributed by atoms with Crippen LogP contribution in [0, 0.1) is 0 Å². The second kappa shape index (κ2) is 6.83. The van der Waals surface area contributed by atoms with E-state index < -0.39 is 11.8 Å². The molecule has 3 amide bonds. The average molecular weight is 290 g/mol. The fourth-order valence-corrected chi connectivity index (χ4v) is 2.12. The van der Waals surface area contributed by atoms with Crippen molar-refractivity contribution in [3.8, 4) is 0 Å². The van der Waals surface area contributed by atoms with Gasteiger partial charge in [-0.2, -0.15) is 0 Å². The number of pyridine rings is 1. The molecular formula is C14H18N4O3. The van der Waals surface area contributed by atoms with Gasteiger partial charge in [-0.15, -0.1) is 0 Å². The van der Waals surface area contributed by atoms with Crippen LogP contribution in [-0.2, 0) is 20.9 Å². The smallest absolute Gasteiger partial charge is 0.312 e. The van der Waals surface area contributed by atoms with Crippen LogP contribution >= 0.6 is 0 Å². The van der Waals surface area contributed by atoms with Gasteiger partial charge in [0.1, 0.15) is 0 Å². The molecule has 1 aromatic rings. The van der Waals surface area contributed by atoms with E-state index in [2.05, 4.69) is 10.3 Å². The Morgan fingerprint density at radius 3 is 2.38 bits per heavy atom. The highest BCUT2D eigenvalue weighted by atomic mass is 16.2. The second-order valence-electron chi connectivity index (χ2n) is 4.80. The molecule has 0 atom stereocenters. The van der Waals surface area contributed by atoms with Crippen LogP contribution in [0.15, 0.2) is 24.4 Å². The Kier molecular flexibility index (Phi) is 4.86. The molecule has 7 nitrogen and oxygen atoms in total. The molecule has 0 aliphatic carbocycles.